The van der Waals surface area contributed by atoms with Crippen LogP contribution in [-0.2, 0) is 0 Å². The van der Waals surface area contributed by atoms with Crippen LogP contribution < -0.4 is 10.7 Å². The van der Waals surface area contributed by atoms with Crippen molar-refractivity contribution in [3.05, 3.63) is 65.5 Å². The van der Waals surface area contributed by atoms with Gasteiger partial charge >= 0.3 is 0 Å². The molecule has 2 aromatic carbocycles. The maximum absolute atomic E-state index is 13.1. The number of rotatable bonds is 3. The van der Waals surface area contributed by atoms with Crippen LogP contribution in [0.1, 0.15) is 23.6 Å². The lowest BCUT2D eigenvalue weighted by Gasteiger charge is -2.24. The number of halogens is 1. The summed E-state index contributed by atoms with van der Waals surface area (Å²) in [6.45, 7) is 2.51. The average Bonchev–Trinajstić information content (AvgIpc) is 2.93. The largest absolute Gasteiger partial charge is 0.325 e. The highest BCUT2D eigenvalue weighted by atomic mass is 19.1. The van der Waals surface area contributed by atoms with E-state index in [1.165, 1.54) is 23.3 Å². The van der Waals surface area contributed by atoms with Crippen molar-refractivity contribution in [1.82, 2.24) is 0 Å². The third kappa shape index (κ3) is 2.81. The molecule has 108 valence electrons. The number of anilines is 1. The molecule has 0 aromatic heterocycles. The van der Waals surface area contributed by atoms with Crippen molar-refractivity contribution < 1.29 is 4.39 Å². The van der Waals surface area contributed by atoms with E-state index in [9.17, 15) is 4.39 Å². The van der Waals surface area contributed by atoms with Gasteiger partial charge in [0.15, 0.2) is 0 Å². The number of nitrogens with zero attached hydrogens (tertiary/aromatic N) is 2. The molecule has 3 rings (SSSR count). The van der Waals surface area contributed by atoms with Gasteiger partial charge in [-0.15, -0.1) is 0 Å². The Kier molecular flexibility index (Phi) is 3.71. The van der Waals surface area contributed by atoms with Gasteiger partial charge in [-0.05, 0) is 36.8 Å². The molecule has 0 fully saturated rings. The van der Waals surface area contributed by atoms with E-state index in [1.807, 2.05) is 5.01 Å². The van der Waals surface area contributed by atoms with Gasteiger partial charge in [-0.3, -0.25) is 5.01 Å². The predicted molar refractivity (Wildman–Crippen MR) is 83.9 cm³/mol. The number of nitrogens with two attached hydrogens (primary N) is 1. The Morgan fingerprint density at radius 3 is 2.43 bits per heavy atom. The van der Waals surface area contributed by atoms with E-state index in [4.69, 9.17) is 5.73 Å². The van der Waals surface area contributed by atoms with E-state index in [-0.39, 0.29) is 11.9 Å². The zero-order valence-corrected chi connectivity index (χ0v) is 12.0. The minimum absolute atomic E-state index is 0.120. The fraction of sp³-hybridized carbons (Fsp3) is 0.235. The summed E-state index contributed by atoms with van der Waals surface area (Å²) in [5, 5.41) is 6.53. The number of benzene rings is 2. The summed E-state index contributed by atoms with van der Waals surface area (Å²) in [6.07, 6.45) is 0.803. The van der Waals surface area contributed by atoms with Gasteiger partial charge in [-0.25, -0.2) is 4.39 Å². The summed E-state index contributed by atoms with van der Waals surface area (Å²) in [4.78, 5) is 0. The summed E-state index contributed by atoms with van der Waals surface area (Å²) in [5.74, 6) is -0.243. The molecule has 0 aliphatic carbocycles. The fourth-order valence-electron chi connectivity index (χ4n) is 2.58. The van der Waals surface area contributed by atoms with E-state index in [0.717, 1.165) is 17.8 Å². The van der Waals surface area contributed by atoms with Crippen molar-refractivity contribution >= 4 is 11.4 Å². The SMILES string of the molecule is Cc1ccc(C2CC(CN)=NN2c2ccc(F)cc2)cc1. The molecular weight excluding hydrogens is 265 g/mol. The van der Waals surface area contributed by atoms with Crippen LogP contribution in [0.25, 0.3) is 0 Å². The first kappa shape index (κ1) is 13.8. The van der Waals surface area contributed by atoms with Crippen molar-refractivity contribution in [2.24, 2.45) is 10.8 Å². The van der Waals surface area contributed by atoms with Crippen LogP contribution in [0, 0.1) is 12.7 Å². The second-order valence-corrected chi connectivity index (χ2v) is 5.32. The van der Waals surface area contributed by atoms with Crippen molar-refractivity contribution in [3.63, 3.8) is 0 Å². The Balaban J connectivity index is 1.95. The third-order valence-electron chi connectivity index (χ3n) is 3.76. The molecule has 0 spiro atoms. The van der Waals surface area contributed by atoms with Gasteiger partial charge < -0.3 is 5.73 Å². The van der Waals surface area contributed by atoms with Gasteiger partial charge in [0.1, 0.15) is 5.82 Å². The van der Waals surface area contributed by atoms with Crippen LogP contribution in [0.15, 0.2) is 53.6 Å². The molecule has 1 atom stereocenters. The molecule has 2 N–H and O–H groups in total. The summed E-state index contributed by atoms with van der Waals surface area (Å²) < 4.78 is 13.1. The maximum Gasteiger partial charge on any atom is 0.123 e. The normalized spacial score (nSPS) is 18.0. The molecule has 21 heavy (non-hydrogen) atoms. The predicted octanol–water partition coefficient (Wildman–Crippen LogP) is 3.40. The zero-order chi connectivity index (χ0) is 14.8. The van der Waals surface area contributed by atoms with Crippen LogP contribution in [-0.4, -0.2) is 12.3 Å². The quantitative estimate of drug-likeness (QED) is 0.938. The van der Waals surface area contributed by atoms with E-state index in [1.54, 1.807) is 12.1 Å². The van der Waals surface area contributed by atoms with Crippen LogP contribution >= 0.6 is 0 Å². The molecule has 0 bridgehead atoms. The number of hydrogen-bond acceptors (Lipinski definition) is 3. The monoisotopic (exact) mass is 283 g/mol. The van der Waals surface area contributed by atoms with E-state index in [2.05, 4.69) is 36.3 Å². The molecular formula is C17H18FN3. The van der Waals surface area contributed by atoms with Gasteiger partial charge in [-0.1, -0.05) is 29.8 Å². The van der Waals surface area contributed by atoms with Gasteiger partial charge in [0, 0.05) is 13.0 Å². The Labute approximate surface area is 123 Å². The van der Waals surface area contributed by atoms with Crippen molar-refractivity contribution in [1.29, 1.82) is 0 Å². The summed E-state index contributed by atoms with van der Waals surface area (Å²) in [7, 11) is 0. The van der Waals surface area contributed by atoms with Gasteiger partial charge in [-0.2, -0.15) is 5.10 Å². The first-order chi connectivity index (χ1) is 10.2. The van der Waals surface area contributed by atoms with Crippen molar-refractivity contribution in [2.75, 3.05) is 11.6 Å². The molecule has 1 heterocycles. The van der Waals surface area contributed by atoms with Gasteiger partial charge in [0.25, 0.3) is 0 Å². The zero-order valence-electron chi connectivity index (χ0n) is 12.0. The highest BCUT2D eigenvalue weighted by Gasteiger charge is 2.28. The lowest BCUT2D eigenvalue weighted by atomic mass is 10.0. The molecule has 0 saturated heterocycles. The van der Waals surface area contributed by atoms with E-state index < -0.39 is 0 Å². The van der Waals surface area contributed by atoms with E-state index >= 15 is 0 Å². The highest BCUT2D eigenvalue weighted by Crippen LogP contribution is 2.35. The third-order valence-corrected chi connectivity index (χ3v) is 3.76. The lowest BCUT2D eigenvalue weighted by Crippen LogP contribution is -2.18. The molecule has 1 aliphatic heterocycles. The minimum Gasteiger partial charge on any atom is -0.325 e. The molecule has 0 amide bonds. The standard InChI is InChI=1S/C17H18FN3/c1-12-2-4-13(5-3-12)17-10-15(11-19)20-21(17)16-8-6-14(18)7-9-16/h2-9,17H,10-11,19H2,1H3. The Morgan fingerprint density at radius 1 is 1.14 bits per heavy atom. The molecule has 1 unspecified atom stereocenters. The topological polar surface area (TPSA) is 41.6 Å². The van der Waals surface area contributed by atoms with Crippen molar-refractivity contribution in [3.8, 4) is 0 Å². The smallest absolute Gasteiger partial charge is 0.123 e. The van der Waals surface area contributed by atoms with Gasteiger partial charge in [0.05, 0.1) is 17.4 Å². The van der Waals surface area contributed by atoms with Crippen LogP contribution in [0.5, 0.6) is 0 Å². The molecule has 0 saturated carbocycles. The molecule has 2 aromatic rings. The Hall–Kier alpha value is -2.20. The van der Waals surface area contributed by atoms with Gasteiger partial charge in [0.2, 0.25) is 0 Å². The second kappa shape index (κ2) is 5.66. The highest BCUT2D eigenvalue weighted by molar-refractivity contribution is 5.90. The summed E-state index contributed by atoms with van der Waals surface area (Å²) in [6, 6.07) is 15.0. The molecule has 1 aliphatic rings. The number of aryl methyl sites for hydroxylation is 1. The van der Waals surface area contributed by atoms with Crippen LogP contribution in [0.2, 0.25) is 0 Å². The molecule has 0 radical (unpaired) electrons. The lowest BCUT2D eigenvalue weighted by molar-refractivity contribution is 0.626. The van der Waals surface area contributed by atoms with E-state index in [0.29, 0.717) is 6.54 Å². The molecule has 3 nitrogen and oxygen atoms in total. The second-order valence-electron chi connectivity index (χ2n) is 5.32. The Morgan fingerprint density at radius 2 is 1.81 bits per heavy atom. The number of hydrazone groups is 1. The first-order valence-electron chi connectivity index (χ1n) is 7.05. The van der Waals surface area contributed by atoms with Crippen LogP contribution in [0.4, 0.5) is 10.1 Å². The summed E-state index contributed by atoms with van der Waals surface area (Å²) >= 11 is 0. The number of hydrogen-bond donors (Lipinski definition) is 1. The fourth-order valence-corrected chi connectivity index (χ4v) is 2.58. The first-order valence-corrected chi connectivity index (χ1v) is 7.05. The van der Waals surface area contributed by atoms with Crippen molar-refractivity contribution in [2.45, 2.75) is 19.4 Å². The Bertz CT molecular complexity index is 647. The minimum atomic E-state index is -0.243. The summed E-state index contributed by atoms with van der Waals surface area (Å²) in [5.41, 5.74) is 10.0. The maximum atomic E-state index is 13.1. The van der Waals surface area contributed by atoms with Crippen LogP contribution in [0.3, 0.4) is 0 Å². The molecule has 4 heteroatoms. The average molecular weight is 283 g/mol.